The van der Waals surface area contributed by atoms with E-state index < -0.39 is 5.97 Å². The summed E-state index contributed by atoms with van der Waals surface area (Å²) < 4.78 is 0. The van der Waals surface area contributed by atoms with E-state index in [1.54, 1.807) is 23.1 Å². The normalized spacial score (nSPS) is 12.2. The lowest BCUT2D eigenvalue weighted by Crippen LogP contribution is -2.22. The number of thioether (sulfide) groups is 1. The molecule has 0 aliphatic rings. The lowest BCUT2D eigenvalue weighted by atomic mass is 10.1. The molecule has 1 heterocycles. The van der Waals surface area contributed by atoms with Crippen LogP contribution in [0.1, 0.15) is 22.9 Å². The van der Waals surface area contributed by atoms with Crippen LogP contribution in [0.3, 0.4) is 0 Å². The standard InChI is InChI=1S/C15H17NO2S2/c1-19-12-6-4-11(5-7-12)10-16-13(9-15(17)18)14-3-2-8-20-14/h2-8,13,16H,9-10H2,1H3,(H,17,18). The average molecular weight is 307 g/mol. The summed E-state index contributed by atoms with van der Waals surface area (Å²) in [5.74, 6) is -0.784. The Bertz CT molecular complexity index is 538. The molecule has 0 aliphatic carbocycles. The summed E-state index contributed by atoms with van der Waals surface area (Å²) in [5, 5.41) is 14.3. The minimum atomic E-state index is -0.784. The zero-order valence-electron chi connectivity index (χ0n) is 11.2. The number of thiophene rings is 1. The molecule has 1 unspecified atom stereocenters. The fourth-order valence-corrected chi connectivity index (χ4v) is 3.13. The maximum atomic E-state index is 11.0. The van der Waals surface area contributed by atoms with Crippen LogP contribution >= 0.6 is 23.1 Å². The van der Waals surface area contributed by atoms with Crippen molar-refractivity contribution in [2.24, 2.45) is 0 Å². The number of nitrogens with one attached hydrogen (secondary N) is 1. The van der Waals surface area contributed by atoms with E-state index >= 15 is 0 Å². The quantitative estimate of drug-likeness (QED) is 0.764. The third-order valence-electron chi connectivity index (χ3n) is 2.98. The molecule has 0 amide bonds. The molecule has 1 aromatic heterocycles. The van der Waals surface area contributed by atoms with Crippen LogP contribution in [0.4, 0.5) is 0 Å². The van der Waals surface area contributed by atoms with Crippen LogP contribution in [-0.4, -0.2) is 17.3 Å². The first-order chi connectivity index (χ1) is 9.69. The Morgan fingerprint density at radius 3 is 2.65 bits per heavy atom. The first-order valence-corrected chi connectivity index (χ1v) is 8.41. The van der Waals surface area contributed by atoms with Crippen LogP contribution < -0.4 is 5.32 Å². The van der Waals surface area contributed by atoms with Gasteiger partial charge in [-0.2, -0.15) is 0 Å². The van der Waals surface area contributed by atoms with E-state index in [0.717, 1.165) is 10.4 Å². The molecular weight excluding hydrogens is 290 g/mol. The number of rotatable bonds is 7. The third-order valence-corrected chi connectivity index (χ3v) is 4.71. The van der Waals surface area contributed by atoms with Gasteiger partial charge in [0.2, 0.25) is 0 Å². The maximum absolute atomic E-state index is 11.0. The van der Waals surface area contributed by atoms with Crippen molar-refractivity contribution in [1.82, 2.24) is 5.32 Å². The van der Waals surface area contributed by atoms with Crippen molar-refractivity contribution in [2.75, 3.05) is 6.26 Å². The molecule has 0 aliphatic heterocycles. The number of aliphatic carboxylic acids is 1. The maximum Gasteiger partial charge on any atom is 0.305 e. The molecule has 1 atom stereocenters. The van der Waals surface area contributed by atoms with Gasteiger partial charge in [-0.1, -0.05) is 18.2 Å². The summed E-state index contributed by atoms with van der Waals surface area (Å²) in [6.07, 6.45) is 2.15. The highest BCUT2D eigenvalue weighted by atomic mass is 32.2. The van der Waals surface area contributed by atoms with Crippen molar-refractivity contribution in [3.8, 4) is 0 Å². The van der Waals surface area contributed by atoms with Crippen molar-refractivity contribution >= 4 is 29.1 Å². The van der Waals surface area contributed by atoms with Gasteiger partial charge in [0.15, 0.2) is 0 Å². The minimum Gasteiger partial charge on any atom is -0.481 e. The fraction of sp³-hybridized carbons (Fsp3) is 0.267. The monoisotopic (exact) mass is 307 g/mol. The Labute approximate surface area is 127 Å². The molecule has 0 radical (unpaired) electrons. The van der Waals surface area contributed by atoms with Gasteiger partial charge in [-0.05, 0) is 35.4 Å². The summed E-state index contributed by atoms with van der Waals surface area (Å²) in [7, 11) is 0. The predicted octanol–water partition coefficient (Wildman–Crippen LogP) is 3.78. The first-order valence-electron chi connectivity index (χ1n) is 6.30. The van der Waals surface area contributed by atoms with Gasteiger partial charge in [0, 0.05) is 16.3 Å². The van der Waals surface area contributed by atoms with Crippen molar-refractivity contribution < 1.29 is 9.90 Å². The van der Waals surface area contributed by atoms with Gasteiger partial charge >= 0.3 is 5.97 Å². The van der Waals surface area contributed by atoms with E-state index in [4.69, 9.17) is 5.11 Å². The van der Waals surface area contributed by atoms with Crippen molar-refractivity contribution in [1.29, 1.82) is 0 Å². The topological polar surface area (TPSA) is 49.3 Å². The lowest BCUT2D eigenvalue weighted by Gasteiger charge is -2.15. The Balaban J connectivity index is 1.99. The second-order valence-corrected chi connectivity index (χ2v) is 6.25. The Hall–Kier alpha value is -1.30. The molecule has 106 valence electrons. The second kappa shape index (κ2) is 7.47. The van der Waals surface area contributed by atoms with Crippen LogP contribution in [0.15, 0.2) is 46.7 Å². The summed E-state index contributed by atoms with van der Waals surface area (Å²) in [6.45, 7) is 0.671. The van der Waals surface area contributed by atoms with Crippen LogP contribution in [0.2, 0.25) is 0 Å². The van der Waals surface area contributed by atoms with Crippen molar-refractivity contribution in [2.45, 2.75) is 23.9 Å². The van der Waals surface area contributed by atoms with E-state index in [0.29, 0.717) is 6.54 Å². The molecule has 1 aromatic carbocycles. The summed E-state index contributed by atoms with van der Waals surface area (Å²) in [6, 6.07) is 12.1. The number of hydrogen-bond acceptors (Lipinski definition) is 4. The molecule has 0 saturated carbocycles. The zero-order valence-corrected chi connectivity index (χ0v) is 12.8. The Morgan fingerprint density at radius 1 is 1.35 bits per heavy atom. The van der Waals surface area contributed by atoms with Gasteiger partial charge in [0.1, 0.15) is 0 Å². The SMILES string of the molecule is CSc1ccc(CNC(CC(=O)O)c2cccs2)cc1. The van der Waals surface area contributed by atoms with E-state index in [1.807, 2.05) is 23.8 Å². The highest BCUT2D eigenvalue weighted by Gasteiger charge is 2.15. The van der Waals surface area contributed by atoms with Gasteiger partial charge in [0.05, 0.1) is 12.5 Å². The van der Waals surface area contributed by atoms with Gasteiger partial charge in [-0.3, -0.25) is 4.79 Å². The average Bonchev–Trinajstić information content (AvgIpc) is 2.97. The van der Waals surface area contributed by atoms with E-state index in [-0.39, 0.29) is 12.5 Å². The minimum absolute atomic E-state index is 0.101. The van der Waals surface area contributed by atoms with Crippen molar-refractivity contribution in [3.05, 3.63) is 52.2 Å². The number of benzene rings is 1. The second-order valence-electron chi connectivity index (χ2n) is 4.39. The van der Waals surface area contributed by atoms with Crippen LogP contribution in [0.5, 0.6) is 0 Å². The summed E-state index contributed by atoms with van der Waals surface area (Å²) >= 11 is 3.30. The molecule has 2 rings (SSSR count). The molecular formula is C15H17NO2S2. The first kappa shape index (κ1) is 15.1. The van der Waals surface area contributed by atoms with Gasteiger partial charge in [-0.25, -0.2) is 0 Å². The van der Waals surface area contributed by atoms with Crippen LogP contribution in [-0.2, 0) is 11.3 Å². The Kier molecular flexibility index (Phi) is 5.64. The van der Waals surface area contributed by atoms with Gasteiger partial charge in [0.25, 0.3) is 0 Å². The smallest absolute Gasteiger partial charge is 0.305 e. The number of carbonyl (C=O) groups is 1. The third kappa shape index (κ3) is 4.37. The largest absolute Gasteiger partial charge is 0.481 e. The zero-order chi connectivity index (χ0) is 14.4. The van der Waals surface area contributed by atoms with Crippen LogP contribution in [0.25, 0.3) is 0 Å². The number of carboxylic acids is 1. The van der Waals surface area contributed by atoms with Crippen LogP contribution in [0, 0.1) is 0 Å². The summed E-state index contributed by atoms with van der Waals surface area (Å²) in [4.78, 5) is 13.3. The highest BCUT2D eigenvalue weighted by Crippen LogP contribution is 2.23. The van der Waals surface area contributed by atoms with Gasteiger partial charge < -0.3 is 10.4 Å². The molecule has 2 aromatic rings. The Morgan fingerprint density at radius 2 is 2.10 bits per heavy atom. The van der Waals surface area contributed by atoms with Gasteiger partial charge in [-0.15, -0.1) is 23.1 Å². The van der Waals surface area contributed by atoms with E-state index in [1.165, 1.54) is 4.90 Å². The number of hydrogen-bond donors (Lipinski definition) is 2. The number of carboxylic acid groups (broad SMARTS) is 1. The molecule has 0 bridgehead atoms. The summed E-state index contributed by atoms with van der Waals surface area (Å²) in [5.41, 5.74) is 1.16. The predicted molar refractivity (Wildman–Crippen MR) is 84.4 cm³/mol. The molecule has 0 saturated heterocycles. The van der Waals surface area contributed by atoms with E-state index in [9.17, 15) is 4.79 Å². The lowest BCUT2D eigenvalue weighted by molar-refractivity contribution is -0.137. The van der Waals surface area contributed by atoms with Crippen molar-refractivity contribution in [3.63, 3.8) is 0 Å². The molecule has 0 fully saturated rings. The molecule has 2 N–H and O–H groups in total. The highest BCUT2D eigenvalue weighted by molar-refractivity contribution is 7.98. The van der Waals surface area contributed by atoms with E-state index in [2.05, 4.69) is 29.6 Å². The molecule has 20 heavy (non-hydrogen) atoms. The molecule has 3 nitrogen and oxygen atoms in total. The molecule has 5 heteroatoms. The molecule has 0 spiro atoms. The fourth-order valence-electron chi connectivity index (χ4n) is 1.92.